The molecule has 162 valence electrons. The summed E-state index contributed by atoms with van der Waals surface area (Å²) in [6.45, 7) is 1.75. The first-order valence-electron chi connectivity index (χ1n) is 9.41. The van der Waals surface area contributed by atoms with E-state index < -0.39 is 27.9 Å². The minimum atomic E-state index is -3.17. The summed E-state index contributed by atoms with van der Waals surface area (Å²) in [5.74, 6) is -0.672. The molecule has 1 aromatic carbocycles. The lowest BCUT2D eigenvalue weighted by Crippen LogP contribution is -2.23. The van der Waals surface area contributed by atoms with E-state index >= 15 is 0 Å². The van der Waals surface area contributed by atoms with Gasteiger partial charge in [0.2, 0.25) is 0 Å². The van der Waals surface area contributed by atoms with Crippen molar-refractivity contribution in [1.82, 2.24) is 9.97 Å². The van der Waals surface area contributed by atoms with E-state index in [1.54, 1.807) is 13.0 Å². The Hall–Kier alpha value is -3.47. The second-order valence-corrected chi connectivity index (χ2v) is 9.63. The van der Waals surface area contributed by atoms with Gasteiger partial charge in [-0.15, -0.1) is 0 Å². The van der Waals surface area contributed by atoms with E-state index in [-0.39, 0.29) is 35.0 Å². The number of nitrogens with one attached hydrogen (secondary N) is 1. The van der Waals surface area contributed by atoms with Crippen molar-refractivity contribution in [3.63, 3.8) is 0 Å². The van der Waals surface area contributed by atoms with E-state index in [9.17, 15) is 17.6 Å². The fraction of sp³-hybridized carbons (Fsp3) is 0.250. The Kier molecular flexibility index (Phi) is 5.13. The quantitative estimate of drug-likeness (QED) is 0.521. The molecule has 0 radical (unpaired) electrons. The van der Waals surface area contributed by atoms with Crippen molar-refractivity contribution in [2.24, 2.45) is 0 Å². The molecule has 4 rings (SSSR count). The zero-order valence-corrected chi connectivity index (χ0v) is 17.4. The van der Waals surface area contributed by atoms with Gasteiger partial charge in [-0.1, -0.05) is 0 Å². The molecule has 1 amide bonds. The van der Waals surface area contributed by atoms with Gasteiger partial charge in [-0.05, 0) is 36.4 Å². The number of halogens is 1. The second-order valence-electron chi connectivity index (χ2n) is 7.40. The van der Waals surface area contributed by atoms with Crippen molar-refractivity contribution in [3.8, 4) is 11.1 Å². The maximum absolute atomic E-state index is 15.0. The molecule has 3 heterocycles. The number of nitrogens with zero attached hydrogens (tertiary/aromatic N) is 2. The molecule has 0 aliphatic carbocycles. The molecule has 1 saturated heterocycles. The van der Waals surface area contributed by atoms with Crippen LogP contribution in [0.2, 0.25) is 0 Å². The summed E-state index contributed by atoms with van der Waals surface area (Å²) in [6, 6.07) is 3.10. The molecule has 0 bridgehead atoms. The topological polar surface area (TPSA) is 150 Å². The number of ether oxygens (including phenoxy) is 1. The number of sulfone groups is 1. The highest BCUT2D eigenvalue weighted by Gasteiger charge is 2.30. The number of amides is 1. The van der Waals surface area contributed by atoms with Gasteiger partial charge in [0.1, 0.15) is 11.9 Å². The van der Waals surface area contributed by atoms with Crippen LogP contribution in [0.25, 0.3) is 21.9 Å². The molecule has 3 aromatic rings. The molecule has 1 fully saturated rings. The summed E-state index contributed by atoms with van der Waals surface area (Å²) in [5.41, 5.74) is 13.6. The number of fused-ring (bicyclic) bond motifs is 1. The second kappa shape index (κ2) is 7.65. The Labute approximate surface area is 177 Å². The van der Waals surface area contributed by atoms with Crippen LogP contribution in [0.4, 0.5) is 26.4 Å². The molecule has 9 nitrogen and oxygen atoms in total. The number of aromatic nitrogens is 2. The molecule has 1 unspecified atom stereocenters. The zero-order chi connectivity index (χ0) is 22.3. The van der Waals surface area contributed by atoms with E-state index in [2.05, 4.69) is 15.3 Å². The van der Waals surface area contributed by atoms with Crippen LogP contribution in [0.1, 0.15) is 12.0 Å². The normalized spacial score (nSPS) is 17.5. The number of nitrogens with two attached hydrogens (primary N) is 2. The number of rotatable bonds is 3. The lowest BCUT2D eigenvalue weighted by Gasteiger charge is -2.14. The number of nitrogen functional groups attached to an aromatic ring is 2. The number of carbonyl (C=O) groups excluding carboxylic acids is 1. The van der Waals surface area contributed by atoms with Crippen LogP contribution in [0.3, 0.4) is 0 Å². The van der Waals surface area contributed by atoms with Crippen molar-refractivity contribution < 1.29 is 22.3 Å². The molecule has 11 heteroatoms. The Morgan fingerprint density at radius 1 is 1.23 bits per heavy atom. The molecule has 0 spiro atoms. The summed E-state index contributed by atoms with van der Waals surface area (Å²) >= 11 is 0. The summed E-state index contributed by atoms with van der Waals surface area (Å²) < 4.78 is 43.1. The molecule has 1 aliphatic rings. The summed E-state index contributed by atoms with van der Waals surface area (Å²) in [7, 11) is -3.17. The Bertz CT molecular complexity index is 1310. The van der Waals surface area contributed by atoms with E-state index in [1.807, 2.05) is 0 Å². The third-order valence-electron chi connectivity index (χ3n) is 5.24. The van der Waals surface area contributed by atoms with Gasteiger partial charge in [-0.2, -0.15) is 0 Å². The van der Waals surface area contributed by atoms with Crippen molar-refractivity contribution >= 4 is 43.9 Å². The van der Waals surface area contributed by atoms with E-state index in [0.717, 1.165) is 0 Å². The number of carbonyl (C=O) groups is 1. The van der Waals surface area contributed by atoms with Crippen molar-refractivity contribution in [2.75, 3.05) is 28.3 Å². The first-order valence-corrected chi connectivity index (χ1v) is 11.2. The van der Waals surface area contributed by atoms with Gasteiger partial charge in [-0.3, -0.25) is 10.3 Å². The standard InChI is InChI=1S/C20H20FN5O4S/c1-10-14(6-24-8-16(10)22)13-4-11-5-17(25-7-15(11)19(23)18(13)21)26-20(27)30-12-2-3-31(28,29)9-12/h4-8,12H,2-3,9,22-23H2,1H3,(H,25,26,27). The predicted molar refractivity (Wildman–Crippen MR) is 116 cm³/mol. The molecule has 31 heavy (non-hydrogen) atoms. The van der Waals surface area contributed by atoms with Crippen molar-refractivity contribution in [2.45, 2.75) is 19.4 Å². The third-order valence-corrected chi connectivity index (χ3v) is 6.98. The van der Waals surface area contributed by atoms with Crippen LogP contribution in [-0.2, 0) is 14.6 Å². The zero-order valence-electron chi connectivity index (χ0n) is 16.6. The lowest BCUT2D eigenvalue weighted by molar-refractivity contribution is 0.124. The van der Waals surface area contributed by atoms with Crippen LogP contribution in [0, 0.1) is 12.7 Å². The molecule has 5 N–H and O–H groups in total. The minimum absolute atomic E-state index is 0.00887. The van der Waals surface area contributed by atoms with Crippen LogP contribution in [0.5, 0.6) is 0 Å². The molecular weight excluding hydrogens is 425 g/mol. The highest BCUT2D eigenvalue weighted by molar-refractivity contribution is 7.91. The van der Waals surface area contributed by atoms with Gasteiger partial charge in [-0.25, -0.2) is 22.6 Å². The first-order chi connectivity index (χ1) is 14.6. The molecule has 2 aromatic heterocycles. The van der Waals surface area contributed by atoms with Crippen molar-refractivity contribution in [3.05, 3.63) is 42.1 Å². The largest absolute Gasteiger partial charge is 0.445 e. The molecule has 0 saturated carbocycles. The van der Waals surface area contributed by atoms with Crippen LogP contribution in [0.15, 0.2) is 30.7 Å². The number of hydrogen-bond donors (Lipinski definition) is 3. The smallest absolute Gasteiger partial charge is 0.413 e. The van der Waals surface area contributed by atoms with Gasteiger partial charge >= 0.3 is 6.09 Å². The van der Waals surface area contributed by atoms with Gasteiger partial charge in [0, 0.05) is 28.9 Å². The van der Waals surface area contributed by atoms with E-state index in [1.165, 1.54) is 24.7 Å². The minimum Gasteiger partial charge on any atom is -0.445 e. The molecular formula is C20H20FN5O4S. The van der Waals surface area contributed by atoms with Gasteiger partial charge in [0.15, 0.2) is 15.7 Å². The Morgan fingerprint density at radius 2 is 2.00 bits per heavy atom. The summed E-state index contributed by atoms with van der Waals surface area (Å²) in [5, 5.41) is 3.37. The maximum Gasteiger partial charge on any atom is 0.413 e. The fourth-order valence-electron chi connectivity index (χ4n) is 3.51. The first kappa shape index (κ1) is 20.8. The number of hydrogen-bond acceptors (Lipinski definition) is 8. The fourth-order valence-corrected chi connectivity index (χ4v) is 5.10. The molecule has 1 atom stereocenters. The highest BCUT2D eigenvalue weighted by Crippen LogP contribution is 2.36. The predicted octanol–water partition coefficient (Wildman–Crippen LogP) is 2.64. The average Bonchev–Trinajstić information content (AvgIpc) is 3.05. The van der Waals surface area contributed by atoms with Crippen LogP contribution >= 0.6 is 0 Å². The van der Waals surface area contributed by atoms with Crippen molar-refractivity contribution in [1.29, 1.82) is 0 Å². The lowest BCUT2D eigenvalue weighted by atomic mass is 9.97. The number of benzene rings is 1. The summed E-state index contributed by atoms with van der Waals surface area (Å²) in [4.78, 5) is 20.2. The Balaban J connectivity index is 1.65. The SMILES string of the molecule is Cc1c(N)cncc1-c1cc2cc(NC(=O)OC3CCS(=O)(=O)C3)ncc2c(N)c1F. The van der Waals surface area contributed by atoms with Gasteiger partial charge in [0.25, 0.3) is 0 Å². The highest BCUT2D eigenvalue weighted by atomic mass is 32.2. The van der Waals surface area contributed by atoms with Gasteiger partial charge < -0.3 is 16.2 Å². The van der Waals surface area contributed by atoms with E-state index in [0.29, 0.717) is 27.6 Å². The Morgan fingerprint density at radius 3 is 2.71 bits per heavy atom. The van der Waals surface area contributed by atoms with Gasteiger partial charge in [0.05, 0.1) is 29.1 Å². The maximum atomic E-state index is 15.0. The number of pyridine rings is 2. The van der Waals surface area contributed by atoms with Crippen LogP contribution < -0.4 is 16.8 Å². The molecule has 1 aliphatic heterocycles. The third kappa shape index (κ3) is 4.08. The average molecular weight is 445 g/mol. The monoisotopic (exact) mass is 445 g/mol. The van der Waals surface area contributed by atoms with E-state index in [4.69, 9.17) is 16.2 Å². The number of anilines is 3. The van der Waals surface area contributed by atoms with Crippen LogP contribution in [-0.4, -0.2) is 42.1 Å². The summed E-state index contributed by atoms with van der Waals surface area (Å²) in [6.07, 6.45) is 3.07.